The largest absolute Gasteiger partial charge is 0.453 e. The number of fused-ring (bicyclic) bond motifs is 4. The molecule has 3 aromatic carbocycles. The molecule has 5 aromatic rings. The van der Waals surface area contributed by atoms with Gasteiger partial charge in [0.15, 0.2) is 0 Å². The number of benzene rings is 3. The smallest absolute Gasteiger partial charge is 0.407 e. The van der Waals surface area contributed by atoms with Crippen LogP contribution >= 0.6 is 0 Å². The van der Waals surface area contributed by atoms with Gasteiger partial charge in [-0.25, -0.2) is 19.6 Å². The number of carbonyl (C=O) groups is 4. The monoisotopic (exact) mass is 786 g/mol. The van der Waals surface area contributed by atoms with Crippen LogP contribution in [0.5, 0.6) is 0 Å². The van der Waals surface area contributed by atoms with Crippen LogP contribution in [0.2, 0.25) is 0 Å². The van der Waals surface area contributed by atoms with Crippen molar-refractivity contribution in [3.8, 4) is 22.4 Å². The van der Waals surface area contributed by atoms with Gasteiger partial charge in [-0.15, -0.1) is 0 Å². The van der Waals surface area contributed by atoms with E-state index in [1.807, 2.05) is 49.8 Å². The zero-order chi connectivity index (χ0) is 40.6. The van der Waals surface area contributed by atoms with E-state index >= 15 is 0 Å². The van der Waals surface area contributed by atoms with Gasteiger partial charge in [-0.2, -0.15) is 0 Å². The van der Waals surface area contributed by atoms with Crippen molar-refractivity contribution in [3.63, 3.8) is 0 Å². The highest BCUT2D eigenvalue weighted by atomic mass is 16.5. The number of nitrogens with one attached hydrogen (secondary N) is 4. The summed E-state index contributed by atoms with van der Waals surface area (Å²) in [7, 11) is 2.61. The van der Waals surface area contributed by atoms with Crippen LogP contribution in [-0.4, -0.2) is 92.1 Å². The first kappa shape index (κ1) is 37.6. The molecule has 8 atom stereocenters. The van der Waals surface area contributed by atoms with Gasteiger partial charge in [0.25, 0.3) is 0 Å². The molecule has 14 heteroatoms. The van der Waals surface area contributed by atoms with E-state index in [0.29, 0.717) is 11.8 Å². The number of rotatable bonds is 10. The SMILES string of the molecule is COC(=O)N[C@H](C(=O)N1[C@@H]2C[C@@H]2C[C@H]1c1ncc(-c2ccc3cc(-c4ccc5[nH]c([C@@H]6C[C@H]7C[C@H]7N6C(=O)[C@@H](NC(=O)OC)C(C)C)nc5c4)ccc3c2)[nH]1)C(C)C. The van der Waals surface area contributed by atoms with Gasteiger partial charge in [-0.1, -0.05) is 58.0 Å². The van der Waals surface area contributed by atoms with Crippen molar-refractivity contribution < 1.29 is 28.7 Å². The van der Waals surface area contributed by atoms with E-state index in [2.05, 4.69) is 69.1 Å². The Morgan fingerprint density at radius 2 is 1.19 bits per heavy atom. The van der Waals surface area contributed by atoms with E-state index in [4.69, 9.17) is 19.4 Å². The normalized spacial score (nSPS) is 24.1. The van der Waals surface area contributed by atoms with Crippen molar-refractivity contribution in [2.45, 2.75) is 89.6 Å². The molecule has 2 aliphatic heterocycles. The van der Waals surface area contributed by atoms with Crippen LogP contribution in [-0.2, 0) is 19.1 Å². The maximum Gasteiger partial charge on any atom is 0.407 e. The summed E-state index contributed by atoms with van der Waals surface area (Å²) in [6.07, 6.45) is 4.24. The highest BCUT2D eigenvalue weighted by Gasteiger charge is 2.57. The molecule has 14 nitrogen and oxygen atoms in total. The van der Waals surface area contributed by atoms with Crippen molar-refractivity contribution in [3.05, 3.63) is 72.4 Å². The fraction of sp³-hybridized carbons (Fsp3) is 0.455. The summed E-state index contributed by atoms with van der Waals surface area (Å²) in [6.45, 7) is 7.69. The summed E-state index contributed by atoms with van der Waals surface area (Å²) in [4.78, 5) is 72.6. The number of likely N-dealkylation sites (tertiary alicyclic amines) is 2. The van der Waals surface area contributed by atoms with E-state index in [-0.39, 0.29) is 47.8 Å². The Kier molecular flexibility index (Phi) is 9.39. The quantitative estimate of drug-likeness (QED) is 0.119. The fourth-order valence-corrected chi connectivity index (χ4v) is 9.36. The standard InChI is InChI=1S/C44H50N8O6/c1-21(2)37(49-43(55)57-5)41(53)51-33-16-28(33)18-35(51)39-45-20-32(48-39)27-10-9-23-13-24(7-8-25(23)14-27)26-11-12-30-31(15-26)47-40(46-30)36-19-29-17-34(29)52(36)42(54)38(22(3)4)50-44(56)58-6/h7-15,20-22,28-29,33-38H,16-19H2,1-6H3,(H,45,48)(H,46,47)(H,49,55)(H,50,56)/t28-,29-,33-,34-,35+,36+,37+,38+/m1/s1. The minimum atomic E-state index is -0.682. The zero-order valence-corrected chi connectivity index (χ0v) is 33.6. The Balaban J connectivity index is 0.923. The third kappa shape index (κ3) is 6.71. The number of hydrogen-bond donors (Lipinski definition) is 4. The first-order valence-corrected chi connectivity index (χ1v) is 20.3. The number of carbonyl (C=O) groups excluding carboxylic acids is 4. The highest BCUT2D eigenvalue weighted by molar-refractivity contribution is 5.92. The number of aromatic nitrogens is 4. The van der Waals surface area contributed by atoms with Crippen molar-refractivity contribution >= 4 is 45.8 Å². The summed E-state index contributed by atoms with van der Waals surface area (Å²) >= 11 is 0. The molecule has 0 unspecified atom stereocenters. The molecule has 2 saturated carbocycles. The molecule has 4 aliphatic rings. The van der Waals surface area contributed by atoms with Gasteiger partial charge < -0.3 is 39.9 Å². The number of H-pyrrole nitrogens is 2. The molecule has 4 heterocycles. The second-order valence-corrected chi connectivity index (χ2v) is 17.1. The molecule has 9 rings (SSSR count). The summed E-state index contributed by atoms with van der Waals surface area (Å²) in [5, 5.41) is 7.66. The second kappa shape index (κ2) is 14.5. The lowest BCUT2D eigenvalue weighted by Gasteiger charge is -2.31. The Labute approximate surface area is 336 Å². The molecule has 2 saturated heterocycles. The minimum Gasteiger partial charge on any atom is -0.453 e. The van der Waals surface area contributed by atoms with Gasteiger partial charge in [-0.05, 0) is 95.5 Å². The molecule has 4 fully saturated rings. The Hall–Kier alpha value is -5.92. The zero-order valence-electron chi connectivity index (χ0n) is 33.6. The molecule has 2 aromatic heterocycles. The fourth-order valence-electron chi connectivity index (χ4n) is 9.36. The number of methoxy groups -OCH3 is 2. The molecule has 58 heavy (non-hydrogen) atoms. The molecule has 4 N–H and O–H groups in total. The van der Waals surface area contributed by atoms with Crippen LogP contribution in [0.3, 0.4) is 0 Å². The first-order chi connectivity index (χ1) is 27.9. The third-order valence-electron chi connectivity index (χ3n) is 12.7. The number of alkyl carbamates (subject to hydrolysis) is 2. The Bertz CT molecular complexity index is 2440. The van der Waals surface area contributed by atoms with Gasteiger partial charge in [-0.3, -0.25) is 9.59 Å². The molecular formula is C44H50N8O6. The summed E-state index contributed by atoms with van der Waals surface area (Å²) < 4.78 is 9.62. The van der Waals surface area contributed by atoms with Crippen molar-refractivity contribution in [1.29, 1.82) is 0 Å². The van der Waals surface area contributed by atoms with Crippen molar-refractivity contribution in [2.24, 2.45) is 23.7 Å². The predicted molar refractivity (Wildman–Crippen MR) is 217 cm³/mol. The number of imidazole rings is 2. The van der Waals surface area contributed by atoms with Crippen LogP contribution in [0.15, 0.2) is 60.8 Å². The average molecular weight is 787 g/mol. The molecule has 302 valence electrons. The maximum atomic E-state index is 13.9. The van der Waals surface area contributed by atoms with Crippen molar-refractivity contribution in [2.75, 3.05) is 14.2 Å². The lowest BCUT2D eigenvalue weighted by Crippen LogP contribution is -2.52. The summed E-state index contributed by atoms with van der Waals surface area (Å²) in [5.74, 6) is 2.00. The number of aromatic amines is 2. The van der Waals surface area contributed by atoms with Gasteiger partial charge in [0, 0.05) is 17.6 Å². The van der Waals surface area contributed by atoms with Crippen molar-refractivity contribution in [1.82, 2.24) is 40.4 Å². The van der Waals surface area contributed by atoms with Crippen LogP contribution < -0.4 is 10.6 Å². The van der Waals surface area contributed by atoms with Crippen LogP contribution in [0, 0.1) is 23.7 Å². The molecule has 0 spiro atoms. The van der Waals surface area contributed by atoms with E-state index < -0.39 is 24.3 Å². The summed E-state index contributed by atoms with van der Waals surface area (Å²) in [5.41, 5.74) is 5.71. The molecular weight excluding hydrogens is 737 g/mol. The minimum absolute atomic E-state index is 0.0984. The van der Waals surface area contributed by atoms with E-state index in [1.54, 1.807) is 0 Å². The van der Waals surface area contributed by atoms with Gasteiger partial charge in [0.05, 0.1) is 49.2 Å². The van der Waals surface area contributed by atoms with Gasteiger partial charge in [0.2, 0.25) is 11.8 Å². The topological polar surface area (TPSA) is 175 Å². The Morgan fingerprint density at radius 3 is 1.76 bits per heavy atom. The highest BCUT2D eigenvalue weighted by Crippen LogP contribution is 2.54. The number of piperidine rings is 2. The number of nitrogens with zero attached hydrogens (tertiary/aromatic N) is 4. The summed E-state index contributed by atoms with van der Waals surface area (Å²) in [6, 6.07) is 17.6. The maximum absolute atomic E-state index is 13.9. The number of ether oxygens (including phenoxy) is 2. The van der Waals surface area contributed by atoms with Crippen LogP contribution in [0.1, 0.15) is 77.1 Å². The van der Waals surface area contributed by atoms with E-state index in [0.717, 1.165) is 81.5 Å². The van der Waals surface area contributed by atoms with E-state index in [9.17, 15) is 19.2 Å². The average Bonchev–Trinajstić information content (AvgIpc) is 3.84. The van der Waals surface area contributed by atoms with Gasteiger partial charge in [0.1, 0.15) is 23.7 Å². The predicted octanol–water partition coefficient (Wildman–Crippen LogP) is 6.86. The van der Waals surface area contributed by atoms with Crippen LogP contribution in [0.4, 0.5) is 9.59 Å². The third-order valence-corrected chi connectivity index (χ3v) is 12.7. The lowest BCUT2D eigenvalue weighted by molar-refractivity contribution is -0.137. The number of amides is 4. The van der Waals surface area contributed by atoms with Crippen LogP contribution in [0.25, 0.3) is 44.2 Å². The Morgan fingerprint density at radius 1 is 0.672 bits per heavy atom. The number of hydrogen-bond acceptors (Lipinski definition) is 8. The van der Waals surface area contributed by atoms with E-state index in [1.165, 1.54) is 14.2 Å². The molecule has 4 amide bonds. The molecule has 2 aliphatic carbocycles. The molecule has 0 bridgehead atoms. The lowest BCUT2D eigenvalue weighted by atomic mass is 9.99. The molecule has 0 radical (unpaired) electrons. The van der Waals surface area contributed by atoms with Gasteiger partial charge >= 0.3 is 12.2 Å². The second-order valence-electron chi connectivity index (χ2n) is 17.1. The first-order valence-electron chi connectivity index (χ1n) is 20.3.